The summed E-state index contributed by atoms with van der Waals surface area (Å²) in [6, 6.07) is 0. The molecule has 2 aromatic rings. The van der Waals surface area contributed by atoms with Gasteiger partial charge in [0.1, 0.15) is 5.82 Å². The fraction of sp³-hybridized carbons (Fsp3) is 0.583. The van der Waals surface area contributed by atoms with Gasteiger partial charge in [0.05, 0.1) is 6.20 Å². The van der Waals surface area contributed by atoms with Crippen molar-refractivity contribution < 1.29 is 10.2 Å². The number of piperazine rings is 1. The predicted octanol–water partition coefficient (Wildman–Crippen LogP) is 3.07. The van der Waals surface area contributed by atoms with Crippen LogP contribution in [0.4, 0.5) is 5.82 Å². The average Bonchev–Trinajstić information content (AvgIpc) is 3.04. The molecule has 7 rings (SSSR count). The average molecular weight is 422 g/mol. The Balaban J connectivity index is 1.03. The molecule has 7 nitrogen and oxygen atoms in total. The largest absolute Gasteiger partial charge is 0.494 e. The molecular formula is C24H31N5O2. The minimum Gasteiger partial charge on any atom is -0.494 e. The van der Waals surface area contributed by atoms with Gasteiger partial charge in [-0.15, -0.1) is 0 Å². The Morgan fingerprint density at radius 1 is 0.839 bits per heavy atom. The van der Waals surface area contributed by atoms with Crippen molar-refractivity contribution in [3.8, 4) is 11.8 Å². The Bertz CT molecular complexity index is 936. The minimum atomic E-state index is 0.302. The number of hydrogen-bond donors (Lipinski definition) is 2. The number of nitrogens with zero attached hydrogens (tertiary/aromatic N) is 5. The molecule has 1 saturated carbocycles. The summed E-state index contributed by atoms with van der Waals surface area (Å²) in [5.41, 5.74) is 2.04. The van der Waals surface area contributed by atoms with Crippen LogP contribution in [0.15, 0.2) is 30.7 Å². The smallest absolute Gasteiger partial charge is 0.198 e. The highest BCUT2D eigenvalue weighted by Gasteiger charge is 2.52. The first-order chi connectivity index (χ1) is 15.2. The van der Waals surface area contributed by atoms with Gasteiger partial charge < -0.3 is 15.1 Å². The fourth-order valence-electron chi connectivity index (χ4n) is 6.35. The Labute approximate surface area is 183 Å². The van der Waals surface area contributed by atoms with Gasteiger partial charge in [0.2, 0.25) is 0 Å². The second-order valence-corrected chi connectivity index (χ2v) is 9.57. The van der Waals surface area contributed by atoms with Crippen molar-refractivity contribution in [3.05, 3.63) is 41.9 Å². The van der Waals surface area contributed by atoms with Crippen molar-refractivity contribution in [2.24, 2.45) is 11.8 Å². The molecule has 1 saturated heterocycles. The van der Waals surface area contributed by atoms with Crippen LogP contribution in [-0.4, -0.2) is 62.4 Å². The van der Waals surface area contributed by atoms with E-state index in [0.29, 0.717) is 42.0 Å². The van der Waals surface area contributed by atoms with E-state index in [1.165, 1.54) is 12.8 Å². The molecule has 4 atom stereocenters. The number of anilines is 1. The van der Waals surface area contributed by atoms with Crippen LogP contribution in [0.25, 0.3) is 0 Å². The van der Waals surface area contributed by atoms with Crippen LogP contribution >= 0.6 is 0 Å². The molecule has 164 valence electrons. The first-order valence-electron chi connectivity index (χ1n) is 11.8. The second-order valence-electron chi connectivity index (χ2n) is 9.57. The Hall–Kier alpha value is -2.54. The lowest BCUT2D eigenvalue weighted by Gasteiger charge is -2.51. The molecule has 0 radical (unpaired) electrons. The predicted molar refractivity (Wildman–Crippen MR) is 119 cm³/mol. The summed E-state index contributed by atoms with van der Waals surface area (Å²) < 4.78 is 1.77. The summed E-state index contributed by atoms with van der Waals surface area (Å²) >= 11 is 0. The highest BCUT2D eigenvalue weighted by atomic mass is 16.3. The first-order valence-corrected chi connectivity index (χ1v) is 11.8. The van der Waals surface area contributed by atoms with Gasteiger partial charge in [0.15, 0.2) is 11.8 Å². The van der Waals surface area contributed by atoms with Crippen LogP contribution in [0.3, 0.4) is 0 Å². The molecule has 1 aliphatic heterocycles. The van der Waals surface area contributed by atoms with E-state index >= 15 is 0 Å². The molecule has 2 N–H and O–H groups in total. The topological polar surface area (TPSA) is 77.7 Å². The molecule has 2 fully saturated rings. The zero-order valence-electron chi connectivity index (χ0n) is 17.9. The molecule has 0 spiro atoms. The highest BCUT2D eigenvalue weighted by molar-refractivity contribution is 5.58. The van der Waals surface area contributed by atoms with E-state index in [1.54, 1.807) is 17.0 Å². The number of aromatic nitrogens is 3. The lowest BCUT2D eigenvalue weighted by Crippen LogP contribution is -2.46. The number of rotatable bonds is 6. The summed E-state index contributed by atoms with van der Waals surface area (Å²) in [7, 11) is 0. The van der Waals surface area contributed by atoms with Gasteiger partial charge >= 0.3 is 0 Å². The lowest BCUT2D eigenvalue weighted by atomic mass is 9.52. The quantitative estimate of drug-likeness (QED) is 0.551. The summed E-state index contributed by atoms with van der Waals surface area (Å²) in [4.78, 5) is 13.4. The van der Waals surface area contributed by atoms with Crippen LogP contribution in [-0.2, 0) is 6.54 Å². The van der Waals surface area contributed by atoms with Crippen molar-refractivity contribution >= 4 is 5.82 Å². The molecule has 5 aliphatic rings. The van der Waals surface area contributed by atoms with Gasteiger partial charge in [-0.3, -0.25) is 14.5 Å². The van der Waals surface area contributed by atoms with Gasteiger partial charge in [-0.25, -0.2) is 4.98 Å². The molecule has 2 aromatic heterocycles. The third-order valence-corrected chi connectivity index (χ3v) is 8.13. The fourth-order valence-corrected chi connectivity index (χ4v) is 6.35. The van der Waals surface area contributed by atoms with E-state index in [2.05, 4.69) is 31.9 Å². The van der Waals surface area contributed by atoms with E-state index in [-0.39, 0.29) is 0 Å². The molecule has 4 unspecified atom stereocenters. The summed E-state index contributed by atoms with van der Waals surface area (Å²) in [5, 5.41) is 21.9. The zero-order valence-corrected chi connectivity index (χ0v) is 17.9. The standard InChI is InChI=1S/C24H31N5O2/c30-23-21-18-5-6-19(17-4-3-16(17)18)22(21)24(31)29(23)10-2-1-9-27-11-13-28(14-12-27)20-15-25-7-8-26-20/h5-8,15-19,30-31H,1-4,9-14H2. The SMILES string of the molecule is Oc1c2c(c(O)n1CCCCN1CCN(c3cnccn3)CC1)C1C=CC2C2CCC12. The minimum absolute atomic E-state index is 0.302. The van der Waals surface area contributed by atoms with Gasteiger partial charge in [-0.2, -0.15) is 0 Å². The first kappa shape index (κ1) is 19.2. The number of hydrogen-bond acceptors (Lipinski definition) is 6. The van der Waals surface area contributed by atoms with Crippen molar-refractivity contribution in [2.75, 3.05) is 37.6 Å². The maximum Gasteiger partial charge on any atom is 0.198 e. The van der Waals surface area contributed by atoms with E-state index in [4.69, 9.17) is 0 Å². The summed E-state index contributed by atoms with van der Waals surface area (Å²) in [6.45, 7) is 5.74. The lowest BCUT2D eigenvalue weighted by molar-refractivity contribution is 0.114. The molecular weight excluding hydrogens is 390 g/mol. The summed E-state index contributed by atoms with van der Waals surface area (Å²) in [6.07, 6.45) is 14.4. The Kier molecular flexibility index (Phi) is 4.67. The second kappa shape index (κ2) is 7.55. The highest BCUT2D eigenvalue weighted by Crippen LogP contribution is 2.64. The maximum atomic E-state index is 10.9. The van der Waals surface area contributed by atoms with E-state index in [0.717, 1.165) is 62.5 Å². The molecule has 0 amide bonds. The number of unbranched alkanes of at least 4 members (excludes halogenated alkanes) is 1. The van der Waals surface area contributed by atoms with Gasteiger partial charge in [0.25, 0.3) is 0 Å². The third-order valence-electron chi connectivity index (χ3n) is 8.13. The number of allylic oxidation sites excluding steroid dienone is 2. The van der Waals surface area contributed by atoms with Crippen molar-refractivity contribution in [3.63, 3.8) is 0 Å². The van der Waals surface area contributed by atoms with Crippen molar-refractivity contribution in [2.45, 2.75) is 44.1 Å². The Morgan fingerprint density at radius 3 is 2.06 bits per heavy atom. The maximum absolute atomic E-state index is 10.9. The van der Waals surface area contributed by atoms with Gasteiger partial charge in [0, 0.05) is 68.1 Å². The van der Waals surface area contributed by atoms with Crippen LogP contribution in [0.1, 0.15) is 48.6 Å². The van der Waals surface area contributed by atoms with Crippen molar-refractivity contribution in [1.82, 2.24) is 19.4 Å². The van der Waals surface area contributed by atoms with Gasteiger partial charge in [-0.05, 0) is 44.1 Å². The van der Waals surface area contributed by atoms with E-state index < -0.39 is 0 Å². The van der Waals surface area contributed by atoms with Crippen LogP contribution in [0.2, 0.25) is 0 Å². The molecule has 4 aliphatic carbocycles. The third kappa shape index (κ3) is 3.04. The van der Waals surface area contributed by atoms with E-state index in [1.807, 2.05) is 6.20 Å². The van der Waals surface area contributed by atoms with Crippen LogP contribution < -0.4 is 4.90 Å². The zero-order chi connectivity index (χ0) is 20.9. The monoisotopic (exact) mass is 421 g/mol. The normalized spacial score (nSPS) is 29.0. The van der Waals surface area contributed by atoms with Crippen molar-refractivity contribution in [1.29, 1.82) is 0 Å². The van der Waals surface area contributed by atoms with E-state index in [9.17, 15) is 10.2 Å². The van der Waals surface area contributed by atoms with Crippen LogP contribution in [0, 0.1) is 11.8 Å². The molecule has 31 heavy (non-hydrogen) atoms. The number of aromatic hydroxyl groups is 2. The summed E-state index contributed by atoms with van der Waals surface area (Å²) in [5.74, 6) is 3.53. The Morgan fingerprint density at radius 2 is 1.48 bits per heavy atom. The molecule has 3 heterocycles. The van der Waals surface area contributed by atoms with Crippen LogP contribution in [0.5, 0.6) is 11.8 Å². The van der Waals surface area contributed by atoms with Gasteiger partial charge in [-0.1, -0.05) is 12.2 Å². The molecule has 7 heteroatoms. The molecule has 2 bridgehead atoms. The molecule has 0 aromatic carbocycles.